The number of aryl methyl sites for hydroxylation is 1. The number of benzene rings is 1. The van der Waals surface area contributed by atoms with Crippen molar-refractivity contribution in [3.63, 3.8) is 0 Å². The Balaban J connectivity index is 1.83. The van der Waals surface area contributed by atoms with Crippen LogP contribution in [0.3, 0.4) is 0 Å². The van der Waals surface area contributed by atoms with Gasteiger partial charge in [0.25, 0.3) is 5.91 Å². The van der Waals surface area contributed by atoms with Crippen molar-refractivity contribution in [2.75, 3.05) is 0 Å². The lowest BCUT2D eigenvalue weighted by atomic mass is 10.2. The van der Waals surface area contributed by atoms with Crippen LogP contribution in [0.25, 0.3) is 0 Å². The van der Waals surface area contributed by atoms with E-state index in [9.17, 15) is 9.18 Å². The first-order valence-electron chi connectivity index (χ1n) is 6.86. The van der Waals surface area contributed by atoms with Crippen LogP contribution in [0.2, 0.25) is 0 Å². The quantitative estimate of drug-likeness (QED) is 0.822. The molecule has 0 N–H and O–H groups in total. The third kappa shape index (κ3) is 3.18. The molecule has 5 heteroatoms. The van der Waals surface area contributed by atoms with Gasteiger partial charge in [0.05, 0.1) is 11.0 Å². The largest absolute Gasteiger partial charge is 0.464 e. The zero-order valence-electron chi connectivity index (χ0n) is 11.6. The van der Waals surface area contributed by atoms with E-state index in [1.807, 2.05) is 19.1 Å². The molecule has 1 aliphatic rings. The summed E-state index contributed by atoms with van der Waals surface area (Å²) in [5.41, 5.74) is 0.367. The van der Waals surface area contributed by atoms with Crippen LogP contribution in [-0.2, 0) is 6.54 Å². The van der Waals surface area contributed by atoms with Crippen LogP contribution in [0, 0.1) is 12.7 Å². The molecule has 110 valence electrons. The van der Waals surface area contributed by atoms with Gasteiger partial charge in [-0.3, -0.25) is 4.79 Å². The van der Waals surface area contributed by atoms with Crippen LogP contribution >= 0.6 is 15.9 Å². The Labute approximate surface area is 130 Å². The van der Waals surface area contributed by atoms with Crippen LogP contribution in [0.1, 0.15) is 34.7 Å². The number of amides is 1. The van der Waals surface area contributed by atoms with Gasteiger partial charge in [0, 0.05) is 11.6 Å². The molecule has 1 fully saturated rings. The maximum atomic E-state index is 13.6. The molecule has 0 aliphatic heterocycles. The molecule has 1 saturated carbocycles. The summed E-state index contributed by atoms with van der Waals surface area (Å²) in [4.78, 5) is 14.4. The lowest BCUT2D eigenvalue weighted by Gasteiger charge is -2.21. The summed E-state index contributed by atoms with van der Waals surface area (Å²) in [7, 11) is 0. The molecule has 0 spiro atoms. The van der Waals surface area contributed by atoms with Gasteiger partial charge in [-0.1, -0.05) is 0 Å². The predicted molar refractivity (Wildman–Crippen MR) is 80.4 cm³/mol. The van der Waals surface area contributed by atoms with E-state index in [1.54, 1.807) is 17.0 Å². The van der Waals surface area contributed by atoms with Crippen LogP contribution in [0.5, 0.6) is 0 Å². The van der Waals surface area contributed by atoms with Crippen LogP contribution < -0.4 is 0 Å². The van der Waals surface area contributed by atoms with Gasteiger partial charge in [-0.15, -0.1) is 0 Å². The SMILES string of the molecule is Cc1ccc(CN(C(=O)c2ccc(Br)c(F)c2)C2CC2)o1. The lowest BCUT2D eigenvalue weighted by Crippen LogP contribution is -2.32. The number of furan rings is 1. The molecule has 3 rings (SSSR count). The van der Waals surface area contributed by atoms with Gasteiger partial charge < -0.3 is 9.32 Å². The van der Waals surface area contributed by atoms with Crippen molar-refractivity contribution in [3.8, 4) is 0 Å². The fraction of sp³-hybridized carbons (Fsp3) is 0.312. The Morgan fingerprint density at radius 1 is 1.38 bits per heavy atom. The fourth-order valence-electron chi connectivity index (χ4n) is 2.29. The zero-order valence-corrected chi connectivity index (χ0v) is 13.2. The Bertz CT molecular complexity index is 679. The van der Waals surface area contributed by atoms with E-state index in [4.69, 9.17) is 4.42 Å². The second-order valence-electron chi connectivity index (χ2n) is 5.31. The molecule has 0 atom stereocenters. The van der Waals surface area contributed by atoms with Crippen LogP contribution in [-0.4, -0.2) is 16.8 Å². The summed E-state index contributed by atoms with van der Waals surface area (Å²) < 4.78 is 19.5. The molecule has 1 aromatic heterocycles. The minimum absolute atomic E-state index is 0.155. The van der Waals surface area contributed by atoms with Crippen molar-refractivity contribution < 1.29 is 13.6 Å². The van der Waals surface area contributed by atoms with Gasteiger partial charge in [-0.25, -0.2) is 4.39 Å². The Kier molecular flexibility index (Phi) is 3.85. The fourth-order valence-corrected chi connectivity index (χ4v) is 2.53. The number of carbonyl (C=O) groups is 1. The average Bonchev–Trinajstić information content (AvgIpc) is 3.21. The molecule has 0 unspecified atom stereocenters. The van der Waals surface area contributed by atoms with Crippen molar-refractivity contribution in [3.05, 3.63) is 57.7 Å². The highest BCUT2D eigenvalue weighted by molar-refractivity contribution is 9.10. The topological polar surface area (TPSA) is 33.5 Å². The molecule has 0 saturated heterocycles. The summed E-state index contributed by atoms with van der Waals surface area (Å²) in [6.45, 7) is 2.30. The van der Waals surface area contributed by atoms with Crippen molar-refractivity contribution >= 4 is 21.8 Å². The number of nitrogens with zero attached hydrogens (tertiary/aromatic N) is 1. The summed E-state index contributed by atoms with van der Waals surface area (Å²) in [6, 6.07) is 8.46. The molecule has 21 heavy (non-hydrogen) atoms. The Hall–Kier alpha value is -1.62. The van der Waals surface area contributed by atoms with E-state index in [-0.39, 0.29) is 11.9 Å². The monoisotopic (exact) mass is 351 g/mol. The predicted octanol–water partition coefficient (Wildman–Crippen LogP) is 4.29. The summed E-state index contributed by atoms with van der Waals surface area (Å²) in [5, 5.41) is 0. The van der Waals surface area contributed by atoms with Gasteiger partial charge in [0.2, 0.25) is 0 Å². The number of carbonyl (C=O) groups excluding carboxylic acids is 1. The first-order valence-corrected chi connectivity index (χ1v) is 7.65. The normalized spacial score (nSPS) is 14.2. The van der Waals surface area contributed by atoms with Crippen molar-refractivity contribution in [1.29, 1.82) is 0 Å². The van der Waals surface area contributed by atoms with Crippen molar-refractivity contribution in [2.45, 2.75) is 32.4 Å². The molecule has 0 bridgehead atoms. The van der Waals surface area contributed by atoms with Crippen molar-refractivity contribution in [2.24, 2.45) is 0 Å². The van der Waals surface area contributed by atoms with Crippen LogP contribution in [0.4, 0.5) is 4.39 Å². The van der Waals surface area contributed by atoms with E-state index in [1.165, 1.54) is 6.07 Å². The maximum Gasteiger partial charge on any atom is 0.254 e. The summed E-state index contributed by atoms with van der Waals surface area (Å²) >= 11 is 3.10. The zero-order chi connectivity index (χ0) is 15.0. The Morgan fingerprint density at radius 3 is 2.71 bits per heavy atom. The minimum atomic E-state index is -0.426. The third-order valence-electron chi connectivity index (χ3n) is 3.54. The first-order chi connectivity index (χ1) is 10.0. The Morgan fingerprint density at radius 2 is 2.14 bits per heavy atom. The molecule has 1 amide bonds. The molecular weight excluding hydrogens is 337 g/mol. The van der Waals surface area contributed by atoms with Crippen molar-refractivity contribution in [1.82, 2.24) is 4.90 Å². The molecule has 2 aromatic rings. The number of halogens is 2. The highest BCUT2D eigenvalue weighted by atomic mass is 79.9. The standard InChI is InChI=1S/C16H15BrFNO2/c1-10-2-6-13(21-10)9-19(12-4-5-12)16(20)11-3-7-14(17)15(18)8-11/h2-3,6-8,12H,4-5,9H2,1H3. The summed E-state index contributed by atoms with van der Waals surface area (Å²) in [5.74, 6) is 0.997. The van der Waals surface area contributed by atoms with Crippen LogP contribution in [0.15, 0.2) is 39.2 Å². The second kappa shape index (κ2) is 5.64. The van der Waals surface area contributed by atoms with E-state index in [0.717, 1.165) is 24.4 Å². The molecule has 0 radical (unpaired) electrons. The third-order valence-corrected chi connectivity index (χ3v) is 4.18. The summed E-state index contributed by atoms with van der Waals surface area (Å²) in [6.07, 6.45) is 1.98. The van der Waals surface area contributed by atoms with Gasteiger partial charge in [-0.2, -0.15) is 0 Å². The number of rotatable bonds is 4. The molecule has 3 nitrogen and oxygen atoms in total. The average molecular weight is 352 g/mol. The van der Waals surface area contributed by atoms with E-state index >= 15 is 0 Å². The molecule has 1 heterocycles. The molecular formula is C16H15BrFNO2. The smallest absolute Gasteiger partial charge is 0.254 e. The highest BCUT2D eigenvalue weighted by Crippen LogP contribution is 2.30. The number of hydrogen-bond donors (Lipinski definition) is 0. The molecule has 1 aromatic carbocycles. The lowest BCUT2D eigenvalue weighted by molar-refractivity contribution is 0.0716. The van der Waals surface area contributed by atoms with E-state index in [2.05, 4.69) is 15.9 Å². The van der Waals surface area contributed by atoms with E-state index in [0.29, 0.717) is 16.6 Å². The first kappa shape index (κ1) is 14.3. The van der Waals surface area contributed by atoms with Gasteiger partial charge in [0.1, 0.15) is 17.3 Å². The molecule has 1 aliphatic carbocycles. The highest BCUT2D eigenvalue weighted by Gasteiger charge is 2.33. The maximum absolute atomic E-state index is 13.6. The van der Waals surface area contributed by atoms with E-state index < -0.39 is 5.82 Å². The van der Waals surface area contributed by atoms with Gasteiger partial charge in [-0.05, 0) is 66.0 Å². The van der Waals surface area contributed by atoms with Gasteiger partial charge >= 0.3 is 0 Å². The minimum Gasteiger partial charge on any atom is -0.464 e. The van der Waals surface area contributed by atoms with Gasteiger partial charge in [0.15, 0.2) is 0 Å². The number of hydrogen-bond acceptors (Lipinski definition) is 2. The second-order valence-corrected chi connectivity index (χ2v) is 6.16.